The third-order valence-corrected chi connectivity index (χ3v) is 3.75. The van der Waals surface area contributed by atoms with Crippen LogP contribution in [0.2, 0.25) is 0 Å². The second-order valence-electron chi connectivity index (χ2n) is 4.73. The van der Waals surface area contributed by atoms with Gasteiger partial charge in [-0.1, -0.05) is 24.4 Å². The molecule has 0 amide bonds. The maximum atomic E-state index is 5.87. The smallest absolute Gasteiger partial charge is 0.228 e. The monoisotopic (exact) mass is 329 g/mol. The van der Waals surface area contributed by atoms with Gasteiger partial charge in [-0.2, -0.15) is 0 Å². The van der Waals surface area contributed by atoms with Gasteiger partial charge < -0.3 is 18.6 Å². The average molecular weight is 329 g/mol. The highest BCUT2D eigenvalue weighted by molar-refractivity contribution is 7.71. The molecule has 0 atom stereocenters. The molecule has 3 aromatic rings. The predicted octanol–water partition coefficient (Wildman–Crippen LogP) is 4.25. The fourth-order valence-electron chi connectivity index (χ4n) is 2.34. The zero-order valence-corrected chi connectivity index (χ0v) is 13.8. The van der Waals surface area contributed by atoms with E-state index < -0.39 is 0 Å². The van der Waals surface area contributed by atoms with E-state index in [0.29, 0.717) is 38.9 Å². The minimum atomic E-state index is 0.396. The molecular formula is C17H15NO4S. The molecule has 5 nitrogen and oxygen atoms in total. The Balaban J connectivity index is 2.24. The first-order chi connectivity index (χ1) is 11.2. The lowest BCUT2D eigenvalue weighted by atomic mass is 10.1. The molecule has 0 radical (unpaired) electrons. The third kappa shape index (κ3) is 2.73. The summed E-state index contributed by atoms with van der Waals surface area (Å²) in [6, 6.07) is 11.1. The van der Waals surface area contributed by atoms with Crippen molar-refractivity contribution in [3.63, 3.8) is 0 Å². The maximum Gasteiger partial charge on any atom is 0.228 e. The number of rotatable bonds is 4. The van der Waals surface area contributed by atoms with Gasteiger partial charge in [0.15, 0.2) is 11.5 Å². The SMILES string of the molecule is COc1cc(-c2nc(=S)c3ccccc3o2)cc(OC)c1OC. The van der Waals surface area contributed by atoms with Crippen LogP contribution >= 0.6 is 12.2 Å². The summed E-state index contributed by atoms with van der Waals surface area (Å²) in [5.41, 5.74) is 1.37. The molecule has 3 rings (SSSR count). The Hall–Kier alpha value is -2.60. The molecule has 6 heteroatoms. The van der Waals surface area contributed by atoms with E-state index in [1.165, 1.54) is 0 Å². The van der Waals surface area contributed by atoms with Crippen LogP contribution in [0, 0.1) is 4.64 Å². The molecule has 0 saturated carbocycles. The van der Waals surface area contributed by atoms with Gasteiger partial charge in [0.1, 0.15) is 10.2 Å². The average Bonchev–Trinajstić information content (AvgIpc) is 2.60. The first kappa shape index (κ1) is 15.3. The van der Waals surface area contributed by atoms with Crippen molar-refractivity contribution < 1.29 is 18.6 Å². The van der Waals surface area contributed by atoms with Crippen LogP contribution in [0.25, 0.3) is 22.4 Å². The first-order valence-electron chi connectivity index (χ1n) is 6.88. The molecule has 0 spiro atoms. The van der Waals surface area contributed by atoms with Gasteiger partial charge in [-0.3, -0.25) is 0 Å². The lowest BCUT2D eigenvalue weighted by Crippen LogP contribution is -1.96. The van der Waals surface area contributed by atoms with E-state index in [2.05, 4.69) is 4.98 Å². The lowest BCUT2D eigenvalue weighted by molar-refractivity contribution is 0.324. The summed E-state index contributed by atoms with van der Waals surface area (Å²) in [6.45, 7) is 0. The second-order valence-corrected chi connectivity index (χ2v) is 5.12. The maximum absolute atomic E-state index is 5.87. The molecule has 23 heavy (non-hydrogen) atoms. The van der Waals surface area contributed by atoms with Crippen LogP contribution in [0.3, 0.4) is 0 Å². The van der Waals surface area contributed by atoms with Crippen molar-refractivity contribution in [1.29, 1.82) is 0 Å². The van der Waals surface area contributed by atoms with Gasteiger partial charge in [0.25, 0.3) is 0 Å². The minimum Gasteiger partial charge on any atom is -0.493 e. The normalized spacial score (nSPS) is 10.6. The molecule has 1 heterocycles. The summed E-state index contributed by atoms with van der Waals surface area (Å²) in [5.74, 6) is 1.96. The molecule has 1 aromatic heterocycles. The highest BCUT2D eigenvalue weighted by atomic mass is 32.1. The van der Waals surface area contributed by atoms with Gasteiger partial charge >= 0.3 is 0 Å². The van der Waals surface area contributed by atoms with Crippen molar-refractivity contribution >= 4 is 23.2 Å². The molecule has 0 saturated heterocycles. The zero-order valence-electron chi connectivity index (χ0n) is 13.0. The zero-order chi connectivity index (χ0) is 16.4. The van der Waals surface area contributed by atoms with Gasteiger partial charge in [0.2, 0.25) is 11.6 Å². The number of methoxy groups -OCH3 is 3. The van der Waals surface area contributed by atoms with E-state index in [9.17, 15) is 0 Å². The summed E-state index contributed by atoms with van der Waals surface area (Å²) in [5, 5.41) is 0.804. The van der Waals surface area contributed by atoms with Crippen molar-refractivity contribution in [2.75, 3.05) is 21.3 Å². The molecule has 2 aromatic carbocycles. The van der Waals surface area contributed by atoms with Crippen LogP contribution in [0.4, 0.5) is 0 Å². The fourth-order valence-corrected chi connectivity index (χ4v) is 2.59. The van der Waals surface area contributed by atoms with E-state index in [0.717, 1.165) is 5.39 Å². The topological polar surface area (TPSA) is 53.7 Å². The van der Waals surface area contributed by atoms with Crippen LogP contribution < -0.4 is 14.2 Å². The molecule has 118 valence electrons. The Morgan fingerprint density at radius 3 is 2.22 bits per heavy atom. The van der Waals surface area contributed by atoms with Crippen LogP contribution in [-0.2, 0) is 0 Å². The standard InChI is InChI=1S/C17H15NO4S/c1-19-13-8-10(9-14(20-2)15(13)21-3)16-18-17(23)11-6-4-5-7-12(11)22-16/h4-9H,1-3H3. The Bertz CT molecular complexity index is 895. The number of aromatic nitrogens is 1. The predicted molar refractivity (Wildman–Crippen MR) is 89.9 cm³/mol. The summed E-state index contributed by atoms with van der Waals surface area (Å²) in [6.07, 6.45) is 0. The van der Waals surface area contributed by atoms with E-state index in [1.54, 1.807) is 33.5 Å². The van der Waals surface area contributed by atoms with Crippen molar-refractivity contribution in [1.82, 2.24) is 4.98 Å². The summed E-state index contributed by atoms with van der Waals surface area (Å²) < 4.78 is 22.4. The number of ether oxygens (including phenoxy) is 3. The van der Waals surface area contributed by atoms with Crippen LogP contribution in [-0.4, -0.2) is 26.3 Å². The van der Waals surface area contributed by atoms with Crippen molar-refractivity contribution in [2.45, 2.75) is 0 Å². The molecule has 0 N–H and O–H groups in total. The van der Waals surface area contributed by atoms with E-state index in [1.807, 2.05) is 24.3 Å². The Morgan fingerprint density at radius 1 is 0.957 bits per heavy atom. The Morgan fingerprint density at radius 2 is 1.61 bits per heavy atom. The third-order valence-electron chi connectivity index (χ3n) is 3.44. The first-order valence-corrected chi connectivity index (χ1v) is 7.29. The van der Waals surface area contributed by atoms with Gasteiger partial charge in [-0.15, -0.1) is 0 Å². The molecular weight excluding hydrogens is 314 g/mol. The largest absolute Gasteiger partial charge is 0.493 e. The summed E-state index contributed by atoms with van der Waals surface area (Å²) in [7, 11) is 4.68. The molecule has 0 fully saturated rings. The summed E-state index contributed by atoms with van der Waals surface area (Å²) >= 11 is 5.35. The molecule has 0 aliphatic heterocycles. The van der Waals surface area contributed by atoms with Gasteiger partial charge in [0, 0.05) is 5.56 Å². The number of nitrogens with zero attached hydrogens (tertiary/aromatic N) is 1. The van der Waals surface area contributed by atoms with Gasteiger partial charge in [-0.25, -0.2) is 4.98 Å². The Labute approximate surface area is 138 Å². The van der Waals surface area contributed by atoms with Crippen LogP contribution in [0.5, 0.6) is 17.2 Å². The van der Waals surface area contributed by atoms with Gasteiger partial charge in [0.05, 0.1) is 26.7 Å². The molecule has 0 aliphatic carbocycles. The van der Waals surface area contributed by atoms with Crippen molar-refractivity contribution in [3.05, 3.63) is 41.0 Å². The van der Waals surface area contributed by atoms with Crippen LogP contribution in [0.15, 0.2) is 40.8 Å². The van der Waals surface area contributed by atoms with Crippen LogP contribution in [0.1, 0.15) is 0 Å². The highest BCUT2D eigenvalue weighted by Crippen LogP contribution is 2.41. The number of hydrogen-bond donors (Lipinski definition) is 0. The van der Waals surface area contributed by atoms with E-state index in [-0.39, 0.29) is 0 Å². The van der Waals surface area contributed by atoms with Crippen molar-refractivity contribution in [3.8, 4) is 28.7 Å². The Kier molecular flexibility index (Phi) is 4.16. The number of benzene rings is 2. The van der Waals surface area contributed by atoms with Gasteiger partial charge in [-0.05, 0) is 24.3 Å². The molecule has 0 aliphatic rings. The lowest BCUT2D eigenvalue weighted by Gasteiger charge is -2.13. The number of fused-ring (bicyclic) bond motifs is 1. The minimum absolute atomic E-state index is 0.396. The summed E-state index contributed by atoms with van der Waals surface area (Å²) in [4.78, 5) is 4.37. The van der Waals surface area contributed by atoms with Crippen molar-refractivity contribution in [2.24, 2.45) is 0 Å². The fraction of sp³-hybridized carbons (Fsp3) is 0.176. The molecule has 0 bridgehead atoms. The quantitative estimate of drug-likeness (QED) is 0.667. The highest BCUT2D eigenvalue weighted by Gasteiger charge is 2.16. The van der Waals surface area contributed by atoms with E-state index in [4.69, 9.17) is 30.8 Å². The molecule has 0 unspecified atom stereocenters. The number of para-hydroxylation sites is 1. The number of hydrogen-bond acceptors (Lipinski definition) is 6. The van der Waals surface area contributed by atoms with E-state index >= 15 is 0 Å². The second kappa shape index (κ2) is 6.26.